The molecule has 1 aliphatic rings. The van der Waals surface area contributed by atoms with Gasteiger partial charge in [0.25, 0.3) is 11.1 Å². The van der Waals surface area contributed by atoms with Crippen molar-refractivity contribution in [2.24, 2.45) is 0 Å². The van der Waals surface area contributed by atoms with Crippen LogP contribution in [-0.2, 0) is 4.79 Å². The minimum Gasteiger partial charge on any atom is -0.492 e. The molecule has 0 saturated carbocycles. The van der Waals surface area contributed by atoms with Crippen LogP contribution >= 0.6 is 27.7 Å². The maximum Gasteiger partial charge on any atom is 0.293 e. The number of halogens is 1. The Bertz CT molecular complexity index is 816. The van der Waals surface area contributed by atoms with Crippen LogP contribution in [0.15, 0.2) is 57.9 Å². The van der Waals surface area contributed by atoms with Crippen LogP contribution in [0.2, 0.25) is 0 Å². The van der Waals surface area contributed by atoms with E-state index in [4.69, 9.17) is 4.74 Å². The lowest BCUT2D eigenvalue weighted by Crippen LogP contribution is -2.32. The van der Waals surface area contributed by atoms with Gasteiger partial charge >= 0.3 is 0 Å². The van der Waals surface area contributed by atoms with E-state index in [-0.39, 0.29) is 24.3 Å². The molecule has 2 aromatic carbocycles. The first-order valence-electron chi connectivity index (χ1n) is 7.73. The Balaban J connectivity index is 1.61. The molecule has 6 heteroatoms. The van der Waals surface area contributed by atoms with Gasteiger partial charge in [0.15, 0.2) is 0 Å². The predicted molar refractivity (Wildman–Crippen MR) is 103 cm³/mol. The van der Waals surface area contributed by atoms with Crippen LogP contribution in [0.4, 0.5) is 4.79 Å². The van der Waals surface area contributed by atoms with Gasteiger partial charge in [0.2, 0.25) is 0 Å². The van der Waals surface area contributed by atoms with Crippen molar-refractivity contribution < 1.29 is 14.3 Å². The second-order valence-corrected chi connectivity index (χ2v) is 7.46. The molecular weight excluding hydrogens is 402 g/mol. The molecule has 0 radical (unpaired) electrons. The van der Waals surface area contributed by atoms with E-state index < -0.39 is 0 Å². The first kappa shape index (κ1) is 17.8. The van der Waals surface area contributed by atoms with Crippen molar-refractivity contribution in [1.82, 2.24) is 4.90 Å². The van der Waals surface area contributed by atoms with E-state index in [1.54, 1.807) is 6.08 Å². The lowest BCUT2D eigenvalue weighted by atomic mass is 10.2. The Kier molecular flexibility index (Phi) is 5.60. The molecule has 0 aromatic heterocycles. The quantitative estimate of drug-likeness (QED) is 0.650. The topological polar surface area (TPSA) is 46.6 Å². The zero-order valence-electron chi connectivity index (χ0n) is 13.6. The highest BCUT2D eigenvalue weighted by Crippen LogP contribution is 2.32. The number of hydrogen-bond donors (Lipinski definition) is 0. The highest BCUT2D eigenvalue weighted by molar-refractivity contribution is 9.10. The summed E-state index contributed by atoms with van der Waals surface area (Å²) in [7, 11) is 0. The van der Waals surface area contributed by atoms with Crippen molar-refractivity contribution in [3.8, 4) is 5.75 Å². The Morgan fingerprint density at radius 3 is 2.44 bits per heavy atom. The number of ether oxygens (including phenoxy) is 1. The molecule has 3 rings (SSSR count). The number of rotatable bonds is 5. The molecule has 1 saturated heterocycles. The average Bonchev–Trinajstić information content (AvgIpc) is 2.86. The van der Waals surface area contributed by atoms with Crippen LogP contribution in [0.25, 0.3) is 6.08 Å². The number of carbonyl (C=O) groups excluding carboxylic acids is 2. The third-order valence-electron chi connectivity index (χ3n) is 3.65. The summed E-state index contributed by atoms with van der Waals surface area (Å²) < 4.78 is 6.57. The van der Waals surface area contributed by atoms with Gasteiger partial charge in [-0.25, -0.2) is 0 Å². The van der Waals surface area contributed by atoms with Crippen molar-refractivity contribution in [3.63, 3.8) is 0 Å². The van der Waals surface area contributed by atoms with Gasteiger partial charge in [-0.1, -0.05) is 45.8 Å². The second kappa shape index (κ2) is 7.89. The smallest absolute Gasteiger partial charge is 0.293 e. The van der Waals surface area contributed by atoms with Crippen molar-refractivity contribution >= 4 is 44.9 Å². The molecule has 1 aliphatic heterocycles. The van der Waals surface area contributed by atoms with Crippen LogP contribution in [0, 0.1) is 6.92 Å². The van der Waals surface area contributed by atoms with Gasteiger partial charge in [0.05, 0.1) is 11.4 Å². The number of thioether (sulfide) groups is 1. The predicted octanol–water partition coefficient (Wildman–Crippen LogP) is 4.87. The number of nitrogens with zero attached hydrogens (tertiary/aromatic N) is 1. The van der Waals surface area contributed by atoms with E-state index in [2.05, 4.69) is 15.9 Å². The SMILES string of the molecule is Cc1ccc(OCCN2C(=O)S/C(=C\c3ccc(Br)cc3)C2=O)cc1. The summed E-state index contributed by atoms with van der Waals surface area (Å²) in [5.41, 5.74) is 2.03. The lowest BCUT2D eigenvalue weighted by Gasteiger charge is -2.13. The van der Waals surface area contributed by atoms with Gasteiger partial charge < -0.3 is 4.74 Å². The van der Waals surface area contributed by atoms with Crippen LogP contribution in [0.1, 0.15) is 11.1 Å². The first-order chi connectivity index (χ1) is 12.0. The largest absolute Gasteiger partial charge is 0.492 e. The third-order valence-corrected chi connectivity index (χ3v) is 5.08. The van der Waals surface area contributed by atoms with E-state index >= 15 is 0 Å². The summed E-state index contributed by atoms with van der Waals surface area (Å²) in [5, 5.41) is -0.263. The molecule has 4 nitrogen and oxygen atoms in total. The summed E-state index contributed by atoms with van der Waals surface area (Å²) in [5.74, 6) is 0.452. The number of aryl methyl sites for hydroxylation is 1. The van der Waals surface area contributed by atoms with Crippen molar-refractivity contribution in [1.29, 1.82) is 0 Å². The fourth-order valence-electron chi connectivity index (χ4n) is 2.29. The van der Waals surface area contributed by atoms with E-state index in [1.807, 2.05) is 55.5 Å². The number of benzene rings is 2. The van der Waals surface area contributed by atoms with Gasteiger partial charge in [-0.3, -0.25) is 14.5 Å². The number of hydrogen-bond acceptors (Lipinski definition) is 4. The standard InChI is InChI=1S/C19H16BrNO3S/c1-13-2-8-16(9-3-13)24-11-10-21-18(22)17(25-19(21)23)12-14-4-6-15(20)7-5-14/h2-9,12H,10-11H2,1H3/b17-12-. The maximum absolute atomic E-state index is 12.4. The Labute approximate surface area is 159 Å². The zero-order chi connectivity index (χ0) is 17.8. The molecule has 0 bridgehead atoms. The van der Waals surface area contributed by atoms with Crippen molar-refractivity contribution in [2.45, 2.75) is 6.92 Å². The summed E-state index contributed by atoms with van der Waals surface area (Å²) in [4.78, 5) is 26.2. The van der Waals surface area contributed by atoms with Gasteiger partial charge in [0, 0.05) is 4.47 Å². The molecular formula is C19H16BrNO3S. The van der Waals surface area contributed by atoms with Crippen LogP contribution < -0.4 is 4.74 Å². The highest BCUT2D eigenvalue weighted by atomic mass is 79.9. The van der Waals surface area contributed by atoms with Gasteiger partial charge in [-0.15, -0.1) is 0 Å². The third kappa shape index (κ3) is 4.52. The van der Waals surface area contributed by atoms with Crippen molar-refractivity contribution in [2.75, 3.05) is 13.2 Å². The van der Waals surface area contributed by atoms with E-state index in [0.717, 1.165) is 33.1 Å². The maximum atomic E-state index is 12.4. The fourth-order valence-corrected chi connectivity index (χ4v) is 3.42. The normalized spacial score (nSPS) is 15.9. The fraction of sp³-hybridized carbons (Fsp3) is 0.158. The minimum atomic E-state index is -0.273. The number of imide groups is 1. The lowest BCUT2D eigenvalue weighted by molar-refractivity contribution is -0.123. The molecule has 0 N–H and O–H groups in total. The minimum absolute atomic E-state index is 0.232. The molecule has 1 fully saturated rings. The molecule has 128 valence electrons. The first-order valence-corrected chi connectivity index (χ1v) is 9.34. The van der Waals surface area contributed by atoms with Gasteiger partial charge in [0.1, 0.15) is 12.4 Å². The Hall–Kier alpha value is -2.05. The molecule has 2 aromatic rings. The molecule has 0 spiro atoms. The van der Waals surface area contributed by atoms with Crippen LogP contribution in [0.3, 0.4) is 0 Å². The van der Waals surface area contributed by atoms with Crippen molar-refractivity contribution in [3.05, 3.63) is 69.0 Å². The molecule has 0 unspecified atom stereocenters. The van der Waals surface area contributed by atoms with Crippen LogP contribution in [0.5, 0.6) is 5.75 Å². The second-order valence-electron chi connectivity index (χ2n) is 5.55. The summed E-state index contributed by atoms with van der Waals surface area (Å²) in [6, 6.07) is 15.2. The van der Waals surface area contributed by atoms with E-state index in [9.17, 15) is 9.59 Å². The molecule has 1 heterocycles. The summed E-state index contributed by atoms with van der Waals surface area (Å²) in [6.45, 7) is 2.50. The van der Waals surface area contributed by atoms with Gasteiger partial charge in [-0.05, 0) is 54.6 Å². The van der Waals surface area contributed by atoms with E-state index in [1.165, 1.54) is 4.90 Å². The Morgan fingerprint density at radius 2 is 1.76 bits per heavy atom. The van der Waals surface area contributed by atoms with E-state index in [0.29, 0.717) is 4.91 Å². The highest BCUT2D eigenvalue weighted by Gasteiger charge is 2.34. The molecule has 0 atom stereocenters. The molecule has 0 aliphatic carbocycles. The zero-order valence-corrected chi connectivity index (χ0v) is 16.0. The number of amides is 2. The Morgan fingerprint density at radius 1 is 1.08 bits per heavy atom. The van der Waals surface area contributed by atoms with Gasteiger partial charge in [-0.2, -0.15) is 0 Å². The summed E-state index contributed by atoms with van der Waals surface area (Å²) >= 11 is 4.33. The average molecular weight is 418 g/mol. The molecule has 2 amide bonds. The van der Waals surface area contributed by atoms with Crippen LogP contribution in [-0.4, -0.2) is 29.2 Å². The number of carbonyl (C=O) groups is 2. The molecule has 25 heavy (non-hydrogen) atoms. The monoisotopic (exact) mass is 417 g/mol. The summed E-state index contributed by atoms with van der Waals surface area (Å²) in [6.07, 6.45) is 1.73.